The SMILES string of the molecule is COc1ccc(OCCNC(=O)CSCCN)cc1. The average molecular weight is 284 g/mol. The molecule has 1 rings (SSSR count). The fourth-order valence-corrected chi connectivity index (χ4v) is 1.93. The predicted octanol–water partition coefficient (Wildman–Crippen LogP) is 0.882. The van der Waals surface area contributed by atoms with Crippen molar-refractivity contribution in [1.29, 1.82) is 0 Å². The maximum Gasteiger partial charge on any atom is 0.230 e. The second kappa shape index (κ2) is 9.52. The van der Waals surface area contributed by atoms with Crippen LogP contribution in [0.1, 0.15) is 0 Å². The Morgan fingerprint density at radius 3 is 2.63 bits per heavy atom. The normalized spacial score (nSPS) is 10.0. The number of carbonyl (C=O) groups is 1. The van der Waals surface area contributed by atoms with Gasteiger partial charge in [-0.25, -0.2) is 0 Å². The van der Waals surface area contributed by atoms with Gasteiger partial charge in [-0.15, -0.1) is 0 Å². The molecule has 6 heteroatoms. The molecule has 1 amide bonds. The van der Waals surface area contributed by atoms with Crippen LogP contribution >= 0.6 is 11.8 Å². The molecule has 0 aliphatic heterocycles. The van der Waals surface area contributed by atoms with E-state index in [0.717, 1.165) is 17.3 Å². The monoisotopic (exact) mass is 284 g/mol. The van der Waals surface area contributed by atoms with Crippen molar-refractivity contribution in [3.63, 3.8) is 0 Å². The summed E-state index contributed by atoms with van der Waals surface area (Å²) in [4.78, 5) is 11.4. The third kappa shape index (κ3) is 6.93. The number of nitrogens with one attached hydrogen (secondary N) is 1. The van der Waals surface area contributed by atoms with Crippen LogP contribution in [0.2, 0.25) is 0 Å². The zero-order valence-electron chi connectivity index (χ0n) is 11.1. The van der Waals surface area contributed by atoms with Gasteiger partial charge in [0.25, 0.3) is 0 Å². The zero-order valence-corrected chi connectivity index (χ0v) is 11.9. The van der Waals surface area contributed by atoms with Crippen molar-refractivity contribution in [1.82, 2.24) is 5.32 Å². The molecule has 0 atom stereocenters. The van der Waals surface area contributed by atoms with Crippen LogP contribution in [0.25, 0.3) is 0 Å². The lowest BCUT2D eigenvalue weighted by Gasteiger charge is -2.08. The fraction of sp³-hybridized carbons (Fsp3) is 0.462. The second-order valence-electron chi connectivity index (χ2n) is 3.72. The zero-order chi connectivity index (χ0) is 13.9. The van der Waals surface area contributed by atoms with Crippen LogP contribution in [0, 0.1) is 0 Å². The number of carbonyl (C=O) groups excluding carboxylic acids is 1. The summed E-state index contributed by atoms with van der Waals surface area (Å²) < 4.78 is 10.5. The minimum atomic E-state index is 0.0109. The first-order valence-corrected chi connectivity index (χ1v) is 7.23. The van der Waals surface area contributed by atoms with Crippen LogP contribution in [0.5, 0.6) is 11.5 Å². The number of ether oxygens (including phenoxy) is 2. The van der Waals surface area contributed by atoms with Crippen LogP contribution < -0.4 is 20.5 Å². The number of rotatable bonds is 9. The summed E-state index contributed by atoms with van der Waals surface area (Å²) in [6.07, 6.45) is 0. The van der Waals surface area contributed by atoms with Crippen molar-refractivity contribution >= 4 is 17.7 Å². The van der Waals surface area contributed by atoms with E-state index in [2.05, 4.69) is 5.32 Å². The molecule has 0 heterocycles. The van der Waals surface area contributed by atoms with E-state index >= 15 is 0 Å². The number of hydrogen-bond donors (Lipinski definition) is 2. The van der Waals surface area contributed by atoms with E-state index in [1.165, 1.54) is 11.8 Å². The van der Waals surface area contributed by atoms with E-state index in [-0.39, 0.29) is 5.91 Å². The topological polar surface area (TPSA) is 73.6 Å². The van der Waals surface area contributed by atoms with Crippen LogP contribution in [0.3, 0.4) is 0 Å². The summed E-state index contributed by atoms with van der Waals surface area (Å²) in [5.74, 6) is 2.80. The summed E-state index contributed by atoms with van der Waals surface area (Å²) in [6, 6.07) is 7.32. The Balaban J connectivity index is 2.11. The van der Waals surface area contributed by atoms with Crippen molar-refractivity contribution in [2.75, 3.05) is 38.3 Å². The molecule has 0 radical (unpaired) electrons. The summed E-state index contributed by atoms with van der Waals surface area (Å²) in [5, 5.41) is 2.78. The molecule has 1 aromatic carbocycles. The molecule has 5 nitrogen and oxygen atoms in total. The number of hydrogen-bond acceptors (Lipinski definition) is 5. The van der Waals surface area contributed by atoms with Gasteiger partial charge >= 0.3 is 0 Å². The predicted molar refractivity (Wildman–Crippen MR) is 77.9 cm³/mol. The molecule has 0 bridgehead atoms. The van der Waals surface area contributed by atoms with Crippen molar-refractivity contribution in [3.8, 4) is 11.5 Å². The van der Waals surface area contributed by atoms with Crippen LogP contribution in [0.15, 0.2) is 24.3 Å². The molecule has 0 unspecified atom stereocenters. The van der Waals surface area contributed by atoms with Crippen molar-refractivity contribution in [3.05, 3.63) is 24.3 Å². The minimum absolute atomic E-state index is 0.0109. The minimum Gasteiger partial charge on any atom is -0.497 e. The summed E-state index contributed by atoms with van der Waals surface area (Å²) in [7, 11) is 1.62. The van der Waals surface area contributed by atoms with E-state index in [9.17, 15) is 4.79 Å². The molecular formula is C13H20N2O3S. The largest absolute Gasteiger partial charge is 0.497 e. The summed E-state index contributed by atoms with van der Waals surface area (Å²) in [6.45, 7) is 1.53. The molecule has 106 valence electrons. The van der Waals surface area contributed by atoms with E-state index in [1.807, 2.05) is 24.3 Å². The molecule has 1 aromatic rings. The van der Waals surface area contributed by atoms with Crippen LogP contribution in [-0.4, -0.2) is 44.2 Å². The number of nitrogens with two attached hydrogens (primary N) is 1. The van der Waals surface area contributed by atoms with Gasteiger partial charge in [-0.3, -0.25) is 4.79 Å². The van der Waals surface area contributed by atoms with Gasteiger partial charge in [0.1, 0.15) is 18.1 Å². The molecule has 0 saturated carbocycles. The number of thioether (sulfide) groups is 1. The van der Waals surface area contributed by atoms with Gasteiger partial charge in [0, 0.05) is 12.3 Å². The highest BCUT2D eigenvalue weighted by molar-refractivity contribution is 7.99. The number of benzene rings is 1. The second-order valence-corrected chi connectivity index (χ2v) is 4.82. The Morgan fingerprint density at radius 2 is 2.00 bits per heavy atom. The van der Waals surface area contributed by atoms with E-state index in [1.54, 1.807) is 7.11 Å². The lowest BCUT2D eigenvalue weighted by Crippen LogP contribution is -2.29. The quantitative estimate of drug-likeness (QED) is 0.659. The highest BCUT2D eigenvalue weighted by Crippen LogP contribution is 2.16. The van der Waals surface area contributed by atoms with Crippen molar-refractivity contribution in [2.45, 2.75) is 0 Å². The van der Waals surface area contributed by atoms with Gasteiger partial charge in [-0.2, -0.15) is 11.8 Å². The Morgan fingerprint density at radius 1 is 1.32 bits per heavy atom. The lowest BCUT2D eigenvalue weighted by atomic mass is 10.3. The molecule has 0 aromatic heterocycles. The average Bonchev–Trinajstić information content (AvgIpc) is 2.44. The highest BCUT2D eigenvalue weighted by atomic mass is 32.2. The molecule has 0 spiro atoms. The molecule has 0 aliphatic rings. The smallest absolute Gasteiger partial charge is 0.230 e. The van der Waals surface area contributed by atoms with Gasteiger partial charge in [-0.05, 0) is 24.3 Å². The number of methoxy groups -OCH3 is 1. The maximum absolute atomic E-state index is 11.4. The summed E-state index contributed by atoms with van der Waals surface area (Å²) in [5.41, 5.74) is 5.34. The van der Waals surface area contributed by atoms with E-state index < -0.39 is 0 Å². The van der Waals surface area contributed by atoms with Gasteiger partial charge < -0.3 is 20.5 Å². The third-order valence-electron chi connectivity index (χ3n) is 2.25. The number of amides is 1. The molecule has 0 aliphatic carbocycles. The third-order valence-corrected chi connectivity index (χ3v) is 3.24. The highest BCUT2D eigenvalue weighted by Gasteiger charge is 2.00. The van der Waals surface area contributed by atoms with Gasteiger partial charge in [0.15, 0.2) is 0 Å². The van der Waals surface area contributed by atoms with Crippen LogP contribution in [0.4, 0.5) is 0 Å². The molecule has 19 heavy (non-hydrogen) atoms. The maximum atomic E-state index is 11.4. The lowest BCUT2D eigenvalue weighted by molar-refractivity contribution is -0.118. The van der Waals surface area contributed by atoms with Gasteiger partial charge in [0.05, 0.1) is 19.4 Å². The standard InChI is InChI=1S/C13H20N2O3S/c1-17-11-2-4-12(5-3-11)18-8-7-15-13(16)10-19-9-6-14/h2-5H,6-10,14H2,1H3,(H,15,16). The van der Waals surface area contributed by atoms with Gasteiger partial charge in [0.2, 0.25) is 5.91 Å². The van der Waals surface area contributed by atoms with Crippen LogP contribution in [-0.2, 0) is 4.79 Å². The Bertz CT molecular complexity index is 371. The van der Waals surface area contributed by atoms with Gasteiger partial charge in [-0.1, -0.05) is 0 Å². The molecule has 0 saturated heterocycles. The molecular weight excluding hydrogens is 264 g/mol. The first kappa shape index (κ1) is 15.7. The summed E-state index contributed by atoms with van der Waals surface area (Å²) >= 11 is 1.53. The van der Waals surface area contributed by atoms with E-state index in [4.69, 9.17) is 15.2 Å². The fourth-order valence-electron chi connectivity index (χ4n) is 1.33. The van der Waals surface area contributed by atoms with E-state index in [0.29, 0.717) is 25.4 Å². The molecule has 3 N–H and O–H groups in total. The Kier molecular flexibility index (Phi) is 7.84. The van der Waals surface area contributed by atoms with Crippen molar-refractivity contribution in [2.24, 2.45) is 5.73 Å². The Labute approximate surface area is 117 Å². The first-order chi connectivity index (χ1) is 9.26. The van der Waals surface area contributed by atoms with Crippen molar-refractivity contribution < 1.29 is 14.3 Å². The first-order valence-electron chi connectivity index (χ1n) is 6.07. The molecule has 0 fully saturated rings. The Hall–Kier alpha value is -1.40.